The number of aromatic nitrogens is 2. The largest absolute Gasteiger partial charge is 0.329 e. The van der Waals surface area contributed by atoms with Crippen LogP contribution >= 0.6 is 11.6 Å². The molecule has 0 unspecified atom stereocenters. The summed E-state index contributed by atoms with van der Waals surface area (Å²) in [7, 11) is 2.05. The minimum Gasteiger partial charge on any atom is -0.329 e. The number of nitrogens with one attached hydrogen (secondary N) is 1. The SMILES string of the molecule is Cc1ccc(-c2n[nH]cc2CN(C)CCN)cc1Cl. The highest BCUT2D eigenvalue weighted by molar-refractivity contribution is 6.31. The summed E-state index contributed by atoms with van der Waals surface area (Å²) in [5.41, 5.74) is 9.77. The van der Waals surface area contributed by atoms with Gasteiger partial charge in [0.05, 0.1) is 5.69 Å². The minimum atomic E-state index is 0.653. The third-order valence-corrected chi connectivity index (χ3v) is 3.52. The third-order valence-electron chi connectivity index (χ3n) is 3.12. The van der Waals surface area contributed by atoms with E-state index in [9.17, 15) is 0 Å². The summed E-state index contributed by atoms with van der Waals surface area (Å²) < 4.78 is 0. The van der Waals surface area contributed by atoms with Crippen LogP contribution in [-0.2, 0) is 6.54 Å². The van der Waals surface area contributed by atoms with Crippen LogP contribution in [0.15, 0.2) is 24.4 Å². The number of rotatable bonds is 5. The van der Waals surface area contributed by atoms with Gasteiger partial charge in [-0.1, -0.05) is 23.7 Å². The Bertz CT molecular complexity index is 550. The molecule has 1 aromatic heterocycles. The van der Waals surface area contributed by atoms with Crippen molar-refractivity contribution < 1.29 is 0 Å². The number of halogens is 1. The highest BCUT2D eigenvalue weighted by Crippen LogP contribution is 2.26. The van der Waals surface area contributed by atoms with Crippen LogP contribution in [0.5, 0.6) is 0 Å². The van der Waals surface area contributed by atoms with Crippen molar-refractivity contribution in [1.82, 2.24) is 15.1 Å². The average molecular weight is 279 g/mol. The highest BCUT2D eigenvalue weighted by atomic mass is 35.5. The molecule has 0 saturated heterocycles. The summed E-state index contributed by atoms with van der Waals surface area (Å²) in [6.45, 7) is 4.32. The molecule has 0 aliphatic rings. The van der Waals surface area contributed by atoms with Crippen molar-refractivity contribution in [2.45, 2.75) is 13.5 Å². The number of nitrogens with zero attached hydrogens (tertiary/aromatic N) is 2. The Kier molecular flexibility index (Phi) is 4.58. The molecule has 3 N–H and O–H groups in total. The predicted molar refractivity (Wildman–Crippen MR) is 79.2 cm³/mol. The van der Waals surface area contributed by atoms with Gasteiger partial charge in [-0.05, 0) is 25.6 Å². The first kappa shape index (κ1) is 14.1. The molecular formula is C14H19ClN4. The molecule has 0 spiro atoms. The first-order chi connectivity index (χ1) is 9.11. The second-order valence-electron chi connectivity index (χ2n) is 4.75. The van der Waals surface area contributed by atoms with E-state index >= 15 is 0 Å². The van der Waals surface area contributed by atoms with Crippen molar-refractivity contribution >= 4 is 11.6 Å². The summed E-state index contributed by atoms with van der Waals surface area (Å²) in [6.07, 6.45) is 1.93. The lowest BCUT2D eigenvalue weighted by Crippen LogP contribution is -2.25. The normalized spacial score (nSPS) is 11.2. The van der Waals surface area contributed by atoms with Crippen molar-refractivity contribution in [2.24, 2.45) is 5.73 Å². The molecule has 0 radical (unpaired) electrons. The van der Waals surface area contributed by atoms with Crippen molar-refractivity contribution in [3.05, 3.63) is 40.5 Å². The van der Waals surface area contributed by atoms with E-state index in [2.05, 4.69) is 15.1 Å². The predicted octanol–water partition coefficient (Wildman–Crippen LogP) is 2.43. The van der Waals surface area contributed by atoms with Gasteiger partial charge in [-0.15, -0.1) is 0 Å². The van der Waals surface area contributed by atoms with Crippen LogP contribution in [-0.4, -0.2) is 35.2 Å². The van der Waals surface area contributed by atoms with E-state index in [0.29, 0.717) is 6.54 Å². The van der Waals surface area contributed by atoms with Crippen LogP contribution in [0.4, 0.5) is 0 Å². The molecule has 0 fully saturated rings. The van der Waals surface area contributed by atoms with Gasteiger partial charge >= 0.3 is 0 Å². The second kappa shape index (κ2) is 6.19. The Morgan fingerprint density at radius 2 is 2.21 bits per heavy atom. The number of hydrogen-bond donors (Lipinski definition) is 2. The topological polar surface area (TPSA) is 57.9 Å². The van der Waals surface area contributed by atoms with Crippen LogP contribution in [0.2, 0.25) is 5.02 Å². The van der Waals surface area contributed by atoms with Gasteiger partial charge in [0.2, 0.25) is 0 Å². The standard InChI is InChI=1S/C14H19ClN4/c1-10-3-4-11(7-13(10)15)14-12(8-17-18-14)9-19(2)6-5-16/h3-4,7-8H,5-6,9,16H2,1-2H3,(H,17,18). The number of aromatic amines is 1. The molecule has 0 atom stereocenters. The van der Waals surface area contributed by atoms with Crippen LogP contribution in [0.1, 0.15) is 11.1 Å². The van der Waals surface area contributed by atoms with Gasteiger partial charge in [0.25, 0.3) is 0 Å². The summed E-state index contributed by atoms with van der Waals surface area (Å²) in [4.78, 5) is 2.17. The first-order valence-electron chi connectivity index (χ1n) is 6.29. The Hall–Kier alpha value is -1.36. The molecule has 5 heteroatoms. The highest BCUT2D eigenvalue weighted by Gasteiger charge is 2.11. The Morgan fingerprint density at radius 1 is 1.42 bits per heavy atom. The summed E-state index contributed by atoms with van der Waals surface area (Å²) in [5.74, 6) is 0. The Labute approximate surface area is 118 Å². The fourth-order valence-electron chi connectivity index (χ4n) is 2.02. The number of likely N-dealkylation sites (N-methyl/N-ethyl adjacent to an activating group) is 1. The van der Waals surface area contributed by atoms with Crippen molar-refractivity contribution in [1.29, 1.82) is 0 Å². The lowest BCUT2D eigenvalue weighted by Gasteiger charge is -2.15. The van der Waals surface area contributed by atoms with E-state index in [1.54, 1.807) is 0 Å². The fraction of sp³-hybridized carbons (Fsp3) is 0.357. The van der Waals surface area contributed by atoms with Crippen LogP contribution in [0, 0.1) is 6.92 Å². The van der Waals surface area contributed by atoms with Gasteiger partial charge < -0.3 is 10.6 Å². The number of aryl methyl sites for hydroxylation is 1. The third kappa shape index (κ3) is 3.35. The maximum absolute atomic E-state index is 6.17. The fourth-order valence-corrected chi connectivity index (χ4v) is 2.20. The quantitative estimate of drug-likeness (QED) is 0.883. The molecule has 1 aromatic carbocycles. The summed E-state index contributed by atoms with van der Waals surface area (Å²) in [5, 5.41) is 8.02. The zero-order valence-corrected chi connectivity index (χ0v) is 12.0. The van der Waals surface area contributed by atoms with E-state index in [0.717, 1.165) is 40.5 Å². The number of benzene rings is 1. The van der Waals surface area contributed by atoms with Gasteiger partial charge in [-0.25, -0.2) is 0 Å². The minimum absolute atomic E-state index is 0.653. The molecule has 0 saturated carbocycles. The molecule has 0 aliphatic heterocycles. The van der Waals surface area contributed by atoms with Crippen LogP contribution in [0.3, 0.4) is 0 Å². The van der Waals surface area contributed by atoms with Gasteiger partial charge in [0.1, 0.15) is 0 Å². The van der Waals surface area contributed by atoms with Gasteiger partial charge in [-0.2, -0.15) is 5.10 Å². The maximum Gasteiger partial charge on any atom is 0.0966 e. The molecule has 0 aliphatic carbocycles. The van der Waals surface area contributed by atoms with Gasteiger partial charge in [-0.3, -0.25) is 5.10 Å². The molecule has 2 aromatic rings. The molecule has 1 heterocycles. The average Bonchev–Trinajstić information content (AvgIpc) is 2.81. The van der Waals surface area contributed by atoms with E-state index in [-0.39, 0.29) is 0 Å². The lowest BCUT2D eigenvalue weighted by molar-refractivity contribution is 0.337. The number of H-pyrrole nitrogens is 1. The smallest absolute Gasteiger partial charge is 0.0966 e. The van der Waals surface area contributed by atoms with E-state index < -0.39 is 0 Å². The van der Waals surface area contributed by atoms with E-state index in [1.165, 1.54) is 0 Å². The molecular weight excluding hydrogens is 260 g/mol. The van der Waals surface area contributed by atoms with Crippen LogP contribution < -0.4 is 5.73 Å². The second-order valence-corrected chi connectivity index (χ2v) is 5.16. The van der Waals surface area contributed by atoms with Gasteiger partial charge in [0, 0.05) is 42.0 Å². The molecule has 2 rings (SSSR count). The Morgan fingerprint density at radius 3 is 2.89 bits per heavy atom. The molecule has 0 bridgehead atoms. The summed E-state index contributed by atoms with van der Waals surface area (Å²) in [6, 6.07) is 6.02. The molecule has 0 amide bonds. The molecule has 19 heavy (non-hydrogen) atoms. The number of nitrogens with two attached hydrogens (primary N) is 1. The van der Waals surface area contributed by atoms with E-state index in [1.807, 2.05) is 38.4 Å². The van der Waals surface area contributed by atoms with Crippen LogP contribution in [0.25, 0.3) is 11.3 Å². The lowest BCUT2D eigenvalue weighted by atomic mass is 10.1. The van der Waals surface area contributed by atoms with Crippen molar-refractivity contribution in [3.63, 3.8) is 0 Å². The maximum atomic E-state index is 6.17. The molecule has 102 valence electrons. The monoisotopic (exact) mass is 278 g/mol. The summed E-state index contributed by atoms with van der Waals surface area (Å²) >= 11 is 6.17. The number of hydrogen-bond acceptors (Lipinski definition) is 3. The Balaban J connectivity index is 2.25. The van der Waals surface area contributed by atoms with Gasteiger partial charge in [0.15, 0.2) is 0 Å². The zero-order valence-electron chi connectivity index (χ0n) is 11.3. The first-order valence-corrected chi connectivity index (χ1v) is 6.67. The van der Waals surface area contributed by atoms with Crippen molar-refractivity contribution in [2.75, 3.05) is 20.1 Å². The van der Waals surface area contributed by atoms with E-state index in [4.69, 9.17) is 17.3 Å². The van der Waals surface area contributed by atoms with Crippen molar-refractivity contribution in [3.8, 4) is 11.3 Å². The zero-order chi connectivity index (χ0) is 13.8. The molecule has 4 nitrogen and oxygen atoms in total.